The van der Waals surface area contributed by atoms with Gasteiger partial charge in [-0.25, -0.2) is 4.39 Å². The van der Waals surface area contributed by atoms with E-state index >= 15 is 0 Å². The van der Waals surface area contributed by atoms with Crippen molar-refractivity contribution in [2.24, 2.45) is 0 Å². The molecule has 0 aliphatic heterocycles. The molecule has 0 aliphatic carbocycles. The maximum absolute atomic E-state index is 12.9. The number of benzene rings is 2. The highest BCUT2D eigenvalue weighted by Crippen LogP contribution is 2.14. The number of halogens is 2. The number of nitrogens with one attached hydrogen (secondary N) is 1. The molecule has 0 saturated heterocycles. The maximum Gasteiger partial charge on any atom is 0.234 e. The second-order valence-electron chi connectivity index (χ2n) is 6.03. The SMILES string of the molecule is CC(C)N(CC(=O)NCc1ccc(F)cc1)Cc1cccc(Cl)c1. The molecule has 2 aromatic rings. The van der Waals surface area contributed by atoms with E-state index < -0.39 is 0 Å². The summed E-state index contributed by atoms with van der Waals surface area (Å²) in [6.07, 6.45) is 0. The van der Waals surface area contributed by atoms with Crippen molar-refractivity contribution in [2.75, 3.05) is 6.54 Å². The molecule has 0 aliphatic rings. The Hall–Kier alpha value is -1.91. The van der Waals surface area contributed by atoms with Gasteiger partial charge in [0.05, 0.1) is 6.54 Å². The molecule has 0 spiro atoms. The van der Waals surface area contributed by atoms with Gasteiger partial charge in [-0.15, -0.1) is 0 Å². The van der Waals surface area contributed by atoms with Gasteiger partial charge in [0.15, 0.2) is 0 Å². The molecule has 128 valence electrons. The Morgan fingerprint density at radius 1 is 1.17 bits per heavy atom. The van der Waals surface area contributed by atoms with Crippen LogP contribution in [-0.4, -0.2) is 23.4 Å². The molecule has 0 unspecified atom stereocenters. The van der Waals surface area contributed by atoms with E-state index in [0.717, 1.165) is 11.1 Å². The zero-order valence-corrected chi connectivity index (χ0v) is 14.7. The summed E-state index contributed by atoms with van der Waals surface area (Å²) in [6, 6.07) is 14.0. The van der Waals surface area contributed by atoms with E-state index in [1.54, 1.807) is 12.1 Å². The van der Waals surface area contributed by atoms with Crippen LogP contribution in [0, 0.1) is 5.82 Å². The smallest absolute Gasteiger partial charge is 0.234 e. The minimum atomic E-state index is -0.280. The number of hydrogen-bond acceptors (Lipinski definition) is 2. The Kier molecular flexibility index (Phi) is 6.76. The highest BCUT2D eigenvalue weighted by Gasteiger charge is 2.14. The van der Waals surface area contributed by atoms with Gasteiger partial charge in [-0.1, -0.05) is 35.9 Å². The van der Waals surface area contributed by atoms with Crippen LogP contribution < -0.4 is 5.32 Å². The number of hydrogen-bond donors (Lipinski definition) is 1. The molecule has 2 rings (SSSR count). The summed E-state index contributed by atoms with van der Waals surface area (Å²) in [7, 11) is 0. The molecule has 1 N–H and O–H groups in total. The molecule has 0 aromatic heterocycles. The van der Waals surface area contributed by atoms with Gasteiger partial charge in [0.25, 0.3) is 0 Å². The average Bonchev–Trinajstić information content (AvgIpc) is 2.53. The molecule has 0 bridgehead atoms. The molecule has 3 nitrogen and oxygen atoms in total. The first-order valence-electron chi connectivity index (χ1n) is 7.93. The van der Waals surface area contributed by atoms with Gasteiger partial charge in [-0.2, -0.15) is 0 Å². The molecule has 0 atom stereocenters. The van der Waals surface area contributed by atoms with Crippen LogP contribution in [0.3, 0.4) is 0 Å². The topological polar surface area (TPSA) is 32.3 Å². The molecule has 5 heteroatoms. The summed E-state index contributed by atoms with van der Waals surface area (Å²) in [5, 5.41) is 3.56. The quantitative estimate of drug-likeness (QED) is 0.820. The van der Waals surface area contributed by atoms with Gasteiger partial charge in [-0.3, -0.25) is 9.69 Å². The maximum atomic E-state index is 12.9. The summed E-state index contributed by atoms with van der Waals surface area (Å²) in [5.41, 5.74) is 1.94. The van der Waals surface area contributed by atoms with Crippen LogP contribution in [0.15, 0.2) is 48.5 Å². The van der Waals surface area contributed by atoms with E-state index in [0.29, 0.717) is 24.7 Å². The minimum absolute atomic E-state index is 0.0601. The van der Waals surface area contributed by atoms with Gasteiger partial charge >= 0.3 is 0 Å². The number of carbonyl (C=O) groups excluding carboxylic acids is 1. The summed E-state index contributed by atoms with van der Waals surface area (Å²) >= 11 is 6.02. The third kappa shape index (κ3) is 5.95. The Morgan fingerprint density at radius 2 is 1.88 bits per heavy atom. The molecule has 1 amide bonds. The fraction of sp³-hybridized carbons (Fsp3) is 0.316. The van der Waals surface area contributed by atoms with E-state index in [1.807, 2.05) is 24.3 Å². The molecule has 24 heavy (non-hydrogen) atoms. The van der Waals surface area contributed by atoms with E-state index in [1.165, 1.54) is 12.1 Å². The number of rotatable bonds is 7. The largest absolute Gasteiger partial charge is 0.351 e. The molecule has 2 aromatic carbocycles. The monoisotopic (exact) mass is 348 g/mol. The van der Waals surface area contributed by atoms with Gasteiger partial charge in [0, 0.05) is 24.2 Å². The van der Waals surface area contributed by atoms with Crippen LogP contribution in [0.25, 0.3) is 0 Å². The van der Waals surface area contributed by atoms with Crippen molar-refractivity contribution in [2.45, 2.75) is 33.0 Å². The summed E-state index contributed by atoms with van der Waals surface area (Å²) in [6.45, 7) is 5.45. The molecule has 0 fully saturated rings. The molecular formula is C19H22ClFN2O. The van der Waals surface area contributed by atoms with E-state index in [-0.39, 0.29) is 17.8 Å². The average molecular weight is 349 g/mol. The first-order chi connectivity index (χ1) is 11.4. The van der Waals surface area contributed by atoms with Gasteiger partial charge < -0.3 is 5.32 Å². The standard InChI is InChI=1S/C19H22ClFN2O/c1-14(2)23(12-16-4-3-5-17(20)10-16)13-19(24)22-11-15-6-8-18(21)9-7-15/h3-10,14H,11-13H2,1-2H3,(H,22,24). The van der Waals surface area contributed by atoms with Crippen molar-refractivity contribution in [1.82, 2.24) is 10.2 Å². The van der Waals surface area contributed by atoms with Gasteiger partial charge in [-0.05, 0) is 49.2 Å². The lowest BCUT2D eigenvalue weighted by atomic mass is 10.2. The van der Waals surface area contributed by atoms with Crippen molar-refractivity contribution in [3.63, 3.8) is 0 Å². The lowest BCUT2D eigenvalue weighted by Crippen LogP contribution is -2.40. The van der Waals surface area contributed by atoms with Crippen molar-refractivity contribution in [3.8, 4) is 0 Å². The second-order valence-corrected chi connectivity index (χ2v) is 6.47. The Labute approximate surface area is 147 Å². The summed E-state index contributed by atoms with van der Waals surface area (Å²) < 4.78 is 12.9. The van der Waals surface area contributed by atoms with Crippen LogP contribution in [-0.2, 0) is 17.9 Å². The fourth-order valence-corrected chi connectivity index (χ4v) is 2.55. The predicted molar refractivity (Wildman–Crippen MR) is 95.2 cm³/mol. The van der Waals surface area contributed by atoms with Crippen LogP contribution in [0.2, 0.25) is 5.02 Å². The third-order valence-electron chi connectivity index (χ3n) is 3.75. The van der Waals surface area contributed by atoms with E-state index in [2.05, 4.69) is 24.1 Å². The molecular weight excluding hydrogens is 327 g/mol. The first-order valence-corrected chi connectivity index (χ1v) is 8.31. The van der Waals surface area contributed by atoms with Crippen molar-refractivity contribution in [1.29, 1.82) is 0 Å². The highest BCUT2D eigenvalue weighted by molar-refractivity contribution is 6.30. The Bertz CT molecular complexity index is 673. The number of amides is 1. The van der Waals surface area contributed by atoms with Crippen LogP contribution in [0.4, 0.5) is 4.39 Å². The summed E-state index contributed by atoms with van der Waals surface area (Å²) in [5.74, 6) is -0.340. The lowest BCUT2D eigenvalue weighted by Gasteiger charge is -2.26. The van der Waals surface area contributed by atoms with Crippen molar-refractivity contribution >= 4 is 17.5 Å². The zero-order valence-electron chi connectivity index (χ0n) is 13.9. The Morgan fingerprint density at radius 3 is 2.50 bits per heavy atom. The third-order valence-corrected chi connectivity index (χ3v) is 3.99. The summed E-state index contributed by atoms with van der Waals surface area (Å²) in [4.78, 5) is 14.3. The van der Waals surface area contributed by atoms with Crippen LogP contribution in [0.5, 0.6) is 0 Å². The molecule has 0 saturated carbocycles. The first kappa shape index (κ1) is 18.4. The van der Waals surface area contributed by atoms with Gasteiger partial charge in [0.1, 0.15) is 5.82 Å². The van der Waals surface area contributed by atoms with E-state index in [9.17, 15) is 9.18 Å². The fourth-order valence-electron chi connectivity index (χ4n) is 2.33. The Balaban J connectivity index is 1.89. The molecule has 0 radical (unpaired) electrons. The van der Waals surface area contributed by atoms with Crippen molar-refractivity contribution < 1.29 is 9.18 Å². The lowest BCUT2D eigenvalue weighted by molar-refractivity contribution is -0.123. The van der Waals surface area contributed by atoms with Gasteiger partial charge in [0.2, 0.25) is 5.91 Å². The second kappa shape index (κ2) is 8.81. The van der Waals surface area contributed by atoms with E-state index in [4.69, 9.17) is 11.6 Å². The normalized spacial score (nSPS) is 11.1. The molecule has 0 heterocycles. The highest BCUT2D eigenvalue weighted by atomic mass is 35.5. The predicted octanol–water partition coefficient (Wildman–Crippen LogP) is 4.01. The van der Waals surface area contributed by atoms with Crippen molar-refractivity contribution in [3.05, 3.63) is 70.5 Å². The van der Waals surface area contributed by atoms with Crippen LogP contribution >= 0.6 is 11.6 Å². The minimum Gasteiger partial charge on any atom is -0.351 e. The number of carbonyl (C=O) groups is 1. The van der Waals surface area contributed by atoms with Crippen LogP contribution in [0.1, 0.15) is 25.0 Å². The zero-order chi connectivity index (χ0) is 17.5. The number of nitrogens with zero attached hydrogens (tertiary/aromatic N) is 1.